The van der Waals surface area contributed by atoms with Crippen molar-refractivity contribution in [3.8, 4) is 22.3 Å². The number of nitrogens with zero attached hydrogens (tertiary/aromatic N) is 1. The molecule has 2 aromatic heterocycles. The Hall–Kier alpha value is -6.26. The van der Waals surface area contributed by atoms with E-state index in [-0.39, 0.29) is 0 Å². The molecular weight excluding hydrogens is 679 g/mol. The quantitative estimate of drug-likeness (QED) is 0.172. The fourth-order valence-corrected chi connectivity index (χ4v) is 10.5. The summed E-state index contributed by atoms with van der Waals surface area (Å²) in [5.74, 6) is 0. The van der Waals surface area contributed by atoms with Gasteiger partial charge in [-0.25, -0.2) is 0 Å². The van der Waals surface area contributed by atoms with E-state index in [4.69, 9.17) is 0 Å². The predicted octanol–water partition coefficient (Wildman–Crippen LogP) is 15.5. The highest BCUT2D eigenvalue weighted by Gasteiger charge is 2.19. The number of hydrogen-bond acceptors (Lipinski definition) is 3. The molecule has 0 amide bonds. The molecular formula is C50H31NS2. The highest BCUT2D eigenvalue weighted by atomic mass is 32.1. The molecule has 0 saturated carbocycles. The average Bonchev–Trinajstić information content (AvgIpc) is 3.79. The molecule has 248 valence electrons. The van der Waals surface area contributed by atoms with Crippen LogP contribution in [-0.2, 0) is 0 Å². The summed E-state index contributed by atoms with van der Waals surface area (Å²) in [6.07, 6.45) is 0. The first kappa shape index (κ1) is 30.4. The minimum absolute atomic E-state index is 1.13. The summed E-state index contributed by atoms with van der Waals surface area (Å²) in [5, 5.41) is 10.4. The lowest BCUT2D eigenvalue weighted by Gasteiger charge is -2.26. The smallest absolute Gasteiger partial charge is 0.0640 e. The third-order valence-electron chi connectivity index (χ3n) is 10.7. The number of anilines is 3. The number of thiophene rings is 2. The zero-order chi connectivity index (χ0) is 34.9. The normalized spacial score (nSPS) is 11.8. The minimum atomic E-state index is 1.13. The molecule has 0 N–H and O–H groups in total. The van der Waals surface area contributed by atoms with Crippen molar-refractivity contribution in [1.29, 1.82) is 0 Å². The van der Waals surface area contributed by atoms with E-state index >= 15 is 0 Å². The molecule has 11 aromatic rings. The molecule has 0 spiro atoms. The molecule has 0 bridgehead atoms. The number of fused-ring (bicyclic) bond motifs is 8. The fraction of sp³-hybridized carbons (Fsp3) is 0. The van der Waals surface area contributed by atoms with Crippen molar-refractivity contribution in [2.45, 2.75) is 0 Å². The molecule has 0 atom stereocenters. The Morgan fingerprint density at radius 2 is 0.849 bits per heavy atom. The van der Waals surface area contributed by atoms with Crippen molar-refractivity contribution in [2.24, 2.45) is 0 Å². The highest BCUT2D eigenvalue weighted by molar-refractivity contribution is 7.26. The second-order valence-electron chi connectivity index (χ2n) is 13.7. The Labute approximate surface area is 315 Å². The van der Waals surface area contributed by atoms with E-state index in [2.05, 4.69) is 193 Å². The predicted molar refractivity (Wildman–Crippen MR) is 233 cm³/mol. The maximum atomic E-state index is 2.43. The van der Waals surface area contributed by atoms with Crippen LogP contribution < -0.4 is 4.90 Å². The number of rotatable bonds is 5. The summed E-state index contributed by atoms with van der Waals surface area (Å²) in [7, 11) is 0. The van der Waals surface area contributed by atoms with Crippen molar-refractivity contribution in [3.63, 3.8) is 0 Å². The third kappa shape index (κ3) is 4.97. The lowest BCUT2D eigenvalue weighted by molar-refractivity contribution is 1.30. The average molecular weight is 710 g/mol. The second-order valence-corrected chi connectivity index (χ2v) is 15.8. The van der Waals surface area contributed by atoms with Crippen LogP contribution in [0.4, 0.5) is 17.1 Å². The summed E-state index contributed by atoms with van der Waals surface area (Å²) < 4.78 is 5.26. The number of benzene rings is 9. The molecule has 0 fully saturated rings. The highest BCUT2D eigenvalue weighted by Crippen LogP contribution is 2.46. The van der Waals surface area contributed by atoms with Crippen LogP contribution in [0.25, 0.3) is 84.1 Å². The van der Waals surface area contributed by atoms with Crippen molar-refractivity contribution in [3.05, 3.63) is 188 Å². The zero-order valence-corrected chi connectivity index (χ0v) is 30.3. The molecule has 0 saturated heterocycles. The van der Waals surface area contributed by atoms with E-state index in [9.17, 15) is 0 Å². The van der Waals surface area contributed by atoms with Gasteiger partial charge in [-0.05, 0) is 98.4 Å². The molecule has 0 aliphatic heterocycles. The Bertz CT molecular complexity index is 3160. The van der Waals surface area contributed by atoms with Gasteiger partial charge in [0.25, 0.3) is 0 Å². The second kappa shape index (κ2) is 12.2. The third-order valence-corrected chi connectivity index (χ3v) is 13.0. The van der Waals surface area contributed by atoms with E-state index in [0.717, 1.165) is 11.4 Å². The Morgan fingerprint density at radius 3 is 1.57 bits per heavy atom. The van der Waals surface area contributed by atoms with E-state index in [0.29, 0.717) is 0 Å². The zero-order valence-electron chi connectivity index (χ0n) is 28.7. The summed E-state index contributed by atoms with van der Waals surface area (Å²) in [5.41, 5.74) is 8.38. The summed E-state index contributed by atoms with van der Waals surface area (Å²) in [6, 6.07) is 69.2. The molecule has 2 heterocycles. The van der Waals surface area contributed by atoms with Gasteiger partial charge in [-0.2, -0.15) is 0 Å². The maximum absolute atomic E-state index is 2.43. The van der Waals surface area contributed by atoms with Gasteiger partial charge in [-0.3, -0.25) is 0 Å². The van der Waals surface area contributed by atoms with Gasteiger partial charge >= 0.3 is 0 Å². The summed E-state index contributed by atoms with van der Waals surface area (Å²) >= 11 is 3.75. The molecule has 0 unspecified atom stereocenters. The van der Waals surface area contributed by atoms with E-state index in [1.807, 2.05) is 22.7 Å². The van der Waals surface area contributed by atoms with Gasteiger partial charge in [0.15, 0.2) is 0 Å². The number of hydrogen-bond donors (Lipinski definition) is 0. The first-order chi connectivity index (χ1) is 26.3. The molecule has 9 aromatic carbocycles. The van der Waals surface area contributed by atoms with Crippen LogP contribution in [0.15, 0.2) is 188 Å². The Kier molecular flexibility index (Phi) is 6.97. The lowest BCUT2D eigenvalue weighted by Crippen LogP contribution is -2.10. The van der Waals surface area contributed by atoms with E-state index in [1.54, 1.807) is 0 Å². The molecule has 53 heavy (non-hydrogen) atoms. The van der Waals surface area contributed by atoms with Gasteiger partial charge < -0.3 is 4.90 Å². The van der Waals surface area contributed by atoms with Gasteiger partial charge in [-0.15, -0.1) is 22.7 Å². The fourth-order valence-electron chi connectivity index (χ4n) is 8.14. The van der Waals surface area contributed by atoms with Crippen LogP contribution in [0.3, 0.4) is 0 Å². The molecule has 11 rings (SSSR count). The monoisotopic (exact) mass is 709 g/mol. The first-order valence-corrected chi connectivity index (χ1v) is 19.6. The molecule has 1 nitrogen and oxygen atoms in total. The lowest BCUT2D eigenvalue weighted by atomic mass is 9.96. The van der Waals surface area contributed by atoms with Gasteiger partial charge in [0.1, 0.15) is 0 Å². The molecule has 0 aliphatic rings. The van der Waals surface area contributed by atoms with Crippen LogP contribution in [0.5, 0.6) is 0 Å². The SMILES string of the molecule is c1ccc2c(-c3ccc(N(c4ccc(-c5cccc6cc7c(cc56)sc5ccccc57)cc4)c4cccc5c4sc4ccccc45)cc3)cccc2c1. The van der Waals surface area contributed by atoms with Crippen LogP contribution >= 0.6 is 22.7 Å². The van der Waals surface area contributed by atoms with Gasteiger partial charge in [0.2, 0.25) is 0 Å². The minimum Gasteiger partial charge on any atom is -0.309 e. The largest absolute Gasteiger partial charge is 0.309 e. The van der Waals surface area contributed by atoms with Gasteiger partial charge in [-0.1, -0.05) is 133 Å². The van der Waals surface area contributed by atoms with Gasteiger partial charge in [0.05, 0.1) is 10.4 Å². The Morgan fingerprint density at radius 1 is 0.321 bits per heavy atom. The summed E-state index contributed by atoms with van der Waals surface area (Å²) in [4.78, 5) is 2.43. The molecule has 3 heteroatoms. The van der Waals surface area contributed by atoms with Crippen molar-refractivity contribution >= 4 is 102 Å². The van der Waals surface area contributed by atoms with E-state index < -0.39 is 0 Å². The first-order valence-electron chi connectivity index (χ1n) is 18.0. The topological polar surface area (TPSA) is 3.24 Å². The van der Waals surface area contributed by atoms with Crippen molar-refractivity contribution < 1.29 is 0 Å². The van der Waals surface area contributed by atoms with Crippen LogP contribution in [0, 0.1) is 0 Å². The van der Waals surface area contributed by atoms with Gasteiger partial charge in [0, 0.05) is 47.0 Å². The van der Waals surface area contributed by atoms with Crippen LogP contribution in [0.2, 0.25) is 0 Å². The van der Waals surface area contributed by atoms with E-state index in [1.165, 1.54) is 89.8 Å². The molecule has 0 aliphatic carbocycles. The maximum Gasteiger partial charge on any atom is 0.0640 e. The van der Waals surface area contributed by atoms with Crippen molar-refractivity contribution in [2.75, 3.05) is 4.90 Å². The molecule has 0 radical (unpaired) electrons. The van der Waals surface area contributed by atoms with Crippen LogP contribution in [-0.4, -0.2) is 0 Å². The Balaban J connectivity index is 1.05. The standard InChI is InChI=1S/C50H31NS2/c1-2-13-38-32(10-1)11-7-16-39(38)33-22-26-36(27-23-33)51(46-19-9-18-43-41-14-3-6-21-48(41)53-50(43)46)37-28-24-34(25-29-37)40-17-8-12-35-30-45-42-15-4-5-20-47(42)52-49(45)31-44(35)40/h1-31H. The van der Waals surface area contributed by atoms with Crippen molar-refractivity contribution in [1.82, 2.24) is 0 Å². The van der Waals surface area contributed by atoms with Crippen LogP contribution in [0.1, 0.15) is 0 Å². The summed E-state index contributed by atoms with van der Waals surface area (Å²) in [6.45, 7) is 0.